The number of aromatic nitrogens is 2. The molecule has 2 aromatic rings. The van der Waals surface area contributed by atoms with Crippen LogP contribution in [0, 0.1) is 11.3 Å². The summed E-state index contributed by atoms with van der Waals surface area (Å²) in [5.41, 5.74) is 0.865. The Morgan fingerprint density at radius 1 is 1.50 bits per heavy atom. The van der Waals surface area contributed by atoms with E-state index in [1.165, 1.54) is 4.68 Å². The van der Waals surface area contributed by atoms with Crippen LogP contribution < -0.4 is 0 Å². The lowest BCUT2D eigenvalue weighted by molar-refractivity contribution is 0.0973. The second kappa shape index (κ2) is 5.03. The predicted octanol–water partition coefficient (Wildman–Crippen LogP) is 2.56. The van der Waals surface area contributed by atoms with Gasteiger partial charge in [-0.1, -0.05) is 23.7 Å². The molecule has 0 bridgehead atoms. The van der Waals surface area contributed by atoms with E-state index in [-0.39, 0.29) is 11.5 Å². The minimum Gasteiger partial charge on any atom is -0.290 e. The molecule has 0 aliphatic carbocycles. The number of halogens is 1. The molecule has 0 aliphatic heterocycles. The van der Waals surface area contributed by atoms with Crippen LogP contribution in [-0.4, -0.2) is 15.6 Å². The quantitative estimate of drug-likeness (QED) is 0.796. The van der Waals surface area contributed by atoms with E-state index < -0.39 is 5.92 Å². The Kier molecular flexibility index (Phi) is 3.45. The van der Waals surface area contributed by atoms with Gasteiger partial charge in [0.25, 0.3) is 0 Å². The van der Waals surface area contributed by atoms with Gasteiger partial charge in [0.15, 0.2) is 0 Å². The molecule has 4 nitrogen and oxygen atoms in total. The number of Topliss-reactive ketones (excluding diaryl/α,β-unsaturated/α-hetero) is 1. The van der Waals surface area contributed by atoms with Gasteiger partial charge in [0.1, 0.15) is 11.6 Å². The third kappa shape index (κ3) is 2.41. The van der Waals surface area contributed by atoms with Crippen LogP contribution in [0.5, 0.6) is 0 Å². The number of carbonyl (C=O) groups is 1. The Morgan fingerprint density at radius 3 is 2.83 bits per heavy atom. The molecule has 0 aliphatic rings. The van der Waals surface area contributed by atoms with Crippen molar-refractivity contribution < 1.29 is 4.79 Å². The second-order valence-electron chi connectivity index (χ2n) is 3.86. The first-order chi connectivity index (χ1) is 8.61. The first-order valence-corrected chi connectivity index (χ1v) is 5.68. The molecule has 1 unspecified atom stereocenters. The fourth-order valence-electron chi connectivity index (χ4n) is 1.67. The van der Waals surface area contributed by atoms with Crippen LogP contribution in [0.3, 0.4) is 0 Å². The number of carbonyl (C=O) groups excluding carboxylic acids is 1. The zero-order valence-corrected chi connectivity index (χ0v) is 10.4. The molecule has 0 saturated heterocycles. The molecule has 5 heteroatoms. The highest BCUT2D eigenvalue weighted by Crippen LogP contribution is 2.22. The van der Waals surface area contributed by atoms with E-state index in [4.69, 9.17) is 16.9 Å². The van der Waals surface area contributed by atoms with E-state index in [0.29, 0.717) is 10.6 Å². The van der Waals surface area contributed by atoms with Gasteiger partial charge in [0, 0.05) is 18.3 Å². The number of rotatable bonds is 3. The van der Waals surface area contributed by atoms with Crippen LogP contribution in [0.25, 0.3) is 0 Å². The van der Waals surface area contributed by atoms with Gasteiger partial charge < -0.3 is 0 Å². The van der Waals surface area contributed by atoms with E-state index in [9.17, 15) is 4.79 Å². The molecule has 1 atom stereocenters. The topological polar surface area (TPSA) is 58.7 Å². The molecule has 0 N–H and O–H groups in total. The number of ketones is 1. The highest BCUT2D eigenvalue weighted by atomic mass is 35.5. The molecule has 0 saturated carbocycles. The summed E-state index contributed by atoms with van der Waals surface area (Å²) in [6.07, 6.45) is 1.67. The second-order valence-corrected chi connectivity index (χ2v) is 4.29. The van der Waals surface area contributed by atoms with Crippen molar-refractivity contribution in [3.05, 3.63) is 52.8 Å². The van der Waals surface area contributed by atoms with Gasteiger partial charge in [-0.15, -0.1) is 0 Å². The summed E-state index contributed by atoms with van der Waals surface area (Å²) in [4.78, 5) is 12.2. The monoisotopic (exact) mass is 259 g/mol. The first kappa shape index (κ1) is 12.3. The maximum atomic E-state index is 12.2. The highest BCUT2D eigenvalue weighted by Gasteiger charge is 2.23. The van der Waals surface area contributed by atoms with Crippen molar-refractivity contribution in [2.75, 3.05) is 0 Å². The molecule has 1 aromatic carbocycles. The summed E-state index contributed by atoms with van der Waals surface area (Å²) >= 11 is 5.86. The van der Waals surface area contributed by atoms with Crippen LogP contribution in [0.15, 0.2) is 36.5 Å². The van der Waals surface area contributed by atoms with Gasteiger partial charge in [-0.25, -0.2) is 0 Å². The van der Waals surface area contributed by atoms with E-state index in [0.717, 1.165) is 0 Å². The van der Waals surface area contributed by atoms with Crippen LogP contribution in [-0.2, 0) is 7.05 Å². The number of hydrogen-bond acceptors (Lipinski definition) is 3. The molecule has 1 aromatic heterocycles. The normalized spacial score (nSPS) is 11.8. The molecule has 2 rings (SSSR count). The van der Waals surface area contributed by atoms with Gasteiger partial charge in [0.05, 0.1) is 6.07 Å². The van der Waals surface area contributed by atoms with Crippen molar-refractivity contribution in [3.8, 4) is 6.07 Å². The van der Waals surface area contributed by atoms with Gasteiger partial charge >= 0.3 is 0 Å². The third-order valence-electron chi connectivity index (χ3n) is 2.54. The van der Waals surface area contributed by atoms with Gasteiger partial charge in [-0.2, -0.15) is 10.4 Å². The zero-order chi connectivity index (χ0) is 13.1. The fourth-order valence-corrected chi connectivity index (χ4v) is 1.86. The number of nitriles is 1. The maximum Gasteiger partial charge on any atom is 0.204 e. The van der Waals surface area contributed by atoms with Crippen LogP contribution >= 0.6 is 11.6 Å². The Morgan fingerprint density at radius 2 is 2.28 bits per heavy atom. The Hall–Kier alpha value is -2.12. The summed E-state index contributed by atoms with van der Waals surface area (Å²) in [7, 11) is 1.72. The average Bonchev–Trinajstić information content (AvgIpc) is 2.77. The lowest BCUT2D eigenvalue weighted by Gasteiger charge is -2.06. The number of hydrogen-bond donors (Lipinski definition) is 0. The molecule has 0 amide bonds. The Labute approximate surface area is 109 Å². The largest absolute Gasteiger partial charge is 0.290 e. The van der Waals surface area contributed by atoms with Crippen LogP contribution in [0.4, 0.5) is 0 Å². The number of aryl methyl sites for hydroxylation is 1. The predicted molar refractivity (Wildman–Crippen MR) is 67.3 cm³/mol. The molecular formula is C13H10ClN3O. The standard InChI is InChI=1S/C13H10ClN3O/c1-17-6-5-12(16-17)13(18)11(8-15)9-3-2-4-10(14)7-9/h2-7,11H,1H3. The summed E-state index contributed by atoms with van der Waals surface area (Å²) in [6, 6.07) is 10.3. The van der Waals surface area contributed by atoms with Crippen LogP contribution in [0.1, 0.15) is 22.0 Å². The smallest absolute Gasteiger partial charge is 0.204 e. The van der Waals surface area contributed by atoms with Crippen molar-refractivity contribution in [1.82, 2.24) is 9.78 Å². The molecule has 90 valence electrons. The summed E-state index contributed by atoms with van der Waals surface area (Å²) in [5.74, 6) is -1.20. The summed E-state index contributed by atoms with van der Waals surface area (Å²) in [5, 5.41) is 13.7. The zero-order valence-electron chi connectivity index (χ0n) is 9.67. The van der Waals surface area contributed by atoms with Gasteiger partial charge in [-0.05, 0) is 23.8 Å². The van der Waals surface area contributed by atoms with Crippen molar-refractivity contribution in [2.24, 2.45) is 7.05 Å². The molecule has 18 heavy (non-hydrogen) atoms. The van der Waals surface area contributed by atoms with Crippen molar-refractivity contribution in [3.63, 3.8) is 0 Å². The molecule has 0 fully saturated rings. The number of nitrogens with zero attached hydrogens (tertiary/aromatic N) is 3. The first-order valence-electron chi connectivity index (χ1n) is 5.31. The van der Waals surface area contributed by atoms with Gasteiger partial charge in [-0.3, -0.25) is 9.48 Å². The summed E-state index contributed by atoms with van der Waals surface area (Å²) in [6.45, 7) is 0. The fraction of sp³-hybridized carbons (Fsp3) is 0.154. The molecule has 1 heterocycles. The minimum absolute atomic E-state index is 0.282. The van der Waals surface area contributed by atoms with Gasteiger partial charge in [0.2, 0.25) is 5.78 Å². The maximum absolute atomic E-state index is 12.2. The highest BCUT2D eigenvalue weighted by molar-refractivity contribution is 6.30. The van der Waals surface area contributed by atoms with Crippen LogP contribution in [0.2, 0.25) is 5.02 Å². The minimum atomic E-state index is -0.876. The Balaban J connectivity index is 2.35. The average molecular weight is 260 g/mol. The van der Waals surface area contributed by atoms with E-state index in [1.54, 1.807) is 43.6 Å². The van der Waals surface area contributed by atoms with Crippen molar-refractivity contribution in [1.29, 1.82) is 5.26 Å². The third-order valence-corrected chi connectivity index (χ3v) is 2.77. The Bertz CT molecular complexity index is 627. The van der Waals surface area contributed by atoms with Crippen molar-refractivity contribution >= 4 is 17.4 Å². The molecular weight excluding hydrogens is 250 g/mol. The van der Waals surface area contributed by atoms with E-state index in [2.05, 4.69) is 5.10 Å². The SMILES string of the molecule is Cn1ccc(C(=O)C(C#N)c2cccc(Cl)c2)n1. The van der Waals surface area contributed by atoms with E-state index >= 15 is 0 Å². The lowest BCUT2D eigenvalue weighted by atomic mass is 9.94. The lowest BCUT2D eigenvalue weighted by Crippen LogP contribution is -2.12. The summed E-state index contributed by atoms with van der Waals surface area (Å²) < 4.78 is 1.53. The van der Waals surface area contributed by atoms with E-state index in [1.807, 2.05) is 6.07 Å². The molecule has 0 radical (unpaired) electrons. The molecule has 0 spiro atoms. The number of benzene rings is 1. The van der Waals surface area contributed by atoms with Crippen molar-refractivity contribution in [2.45, 2.75) is 5.92 Å².